The van der Waals surface area contributed by atoms with Crippen molar-refractivity contribution >= 4 is 0 Å². The van der Waals surface area contributed by atoms with Crippen LogP contribution in [0, 0.1) is 11.3 Å². The van der Waals surface area contributed by atoms with Crippen molar-refractivity contribution in [1.29, 1.82) is 5.26 Å². The summed E-state index contributed by atoms with van der Waals surface area (Å²) < 4.78 is 7.78. The van der Waals surface area contributed by atoms with Crippen LogP contribution in [-0.2, 0) is 12.0 Å². The maximum absolute atomic E-state index is 9.86. The van der Waals surface area contributed by atoms with Crippen LogP contribution in [0.15, 0.2) is 60.1 Å². The van der Waals surface area contributed by atoms with Crippen molar-refractivity contribution < 1.29 is 4.74 Å². The van der Waals surface area contributed by atoms with Gasteiger partial charge < -0.3 is 10.5 Å². The lowest BCUT2D eigenvalue weighted by Crippen LogP contribution is -2.28. The van der Waals surface area contributed by atoms with Crippen molar-refractivity contribution in [3.8, 4) is 23.1 Å². The van der Waals surface area contributed by atoms with Gasteiger partial charge in [-0.1, -0.05) is 43.3 Å². The summed E-state index contributed by atoms with van der Waals surface area (Å²) in [5.41, 5.74) is 10.9. The molecule has 6 heteroatoms. The number of nitriles is 1. The van der Waals surface area contributed by atoms with Gasteiger partial charge in [-0.25, -0.2) is 4.68 Å². The predicted molar refractivity (Wildman–Crippen MR) is 116 cm³/mol. The zero-order valence-electron chi connectivity index (χ0n) is 17.7. The first-order valence-electron chi connectivity index (χ1n) is 10.1. The zero-order valence-corrected chi connectivity index (χ0v) is 17.7. The minimum Gasteiger partial charge on any atom is -0.422 e. The van der Waals surface area contributed by atoms with E-state index in [0.29, 0.717) is 17.9 Å². The molecule has 1 aliphatic heterocycles. The number of allylic oxidation sites excluding steroid dienone is 1. The number of hydrogen-bond donors (Lipinski definition) is 1. The molecular formula is C24H25N5O. The number of rotatable bonds is 3. The summed E-state index contributed by atoms with van der Waals surface area (Å²) in [7, 11) is 0. The normalized spacial score (nSPS) is 16.0. The molecule has 0 radical (unpaired) electrons. The Balaban J connectivity index is 1.87. The molecule has 1 aliphatic rings. The van der Waals surface area contributed by atoms with Gasteiger partial charge in [0.25, 0.3) is 0 Å². The van der Waals surface area contributed by atoms with Gasteiger partial charge in [0, 0.05) is 11.8 Å². The van der Waals surface area contributed by atoms with Crippen LogP contribution in [0.25, 0.3) is 11.1 Å². The molecular weight excluding hydrogens is 374 g/mol. The summed E-state index contributed by atoms with van der Waals surface area (Å²) in [5.74, 6) is 0.293. The molecule has 1 aromatic carbocycles. The monoisotopic (exact) mass is 399 g/mol. The number of aryl methyl sites for hydroxylation is 1. The van der Waals surface area contributed by atoms with Crippen LogP contribution in [0.2, 0.25) is 0 Å². The second kappa shape index (κ2) is 7.34. The molecule has 0 aliphatic carbocycles. The lowest BCUT2D eigenvalue weighted by atomic mass is 9.86. The highest BCUT2D eigenvalue weighted by atomic mass is 16.5. The van der Waals surface area contributed by atoms with Gasteiger partial charge in [-0.3, -0.25) is 4.98 Å². The SMILES string of the molecule is CCc1nn(C(C)(C)C)c2c1C(c1ccc(-c3ccccc3)cn1)C(C#N)=C(N)O2. The lowest BCUT2D eigenvalue weighted by Gasteiger charge is -2.27. The molecule has 3 aromatic rings. The van der Waals surface area contributed by atoms with Gasteiger partial charge in [0.1, 0.15) is 11.6 Å². The first kappa shape index (κ1) is 19.7. The zero-order chi connectivity index (χ0) is 21.5. The lowest BCUT2D eigenvalue weighted by molar-refractivity contribution is 0.277. The number of nitrogens with zero attached hydrogens (tertiary/aromatic N) is 4. The van der Waals surface area contributed by atoms with Gasteiger partial charge in [-0.2, -0.15) is 10.4 Å². The highest BCUT2D eigenvalue weighted by Crippen LogP contribution is 2.45. The molecule has 2 aromatic heterocycles. The molecule has 4 rings (SSSR count). The van der Waals surface area contributed by atoms with Crippen LogP contribution in [0.5, 0.6) is 5.88 Å². The first-order valence-corrected chi connectivity index (χ1v) is 10.1. The minimum atomic E-state index is -0.408. The molecule has 30 heavy (non-hydrogen) atoms. The average molecular weight is 399 g/mol. The third-order valence-electron chi connectivity index (χ3n) is 5.28. The van der Waals surface area contributed by atoms with Crippen molar-refractivity contribution in [2.45, 2.75) is 45.6 Å². The standard InChI is InChI=1S/C24H25N5O/c1-5-18-21-20(19-12-11-16(14-27-19)15-9-7-6-8-10-15)17(13-25)22(26)30-23(21)29(28-18)24(2,3)4/h6-12,14,20H,5,26H2,1-4H3. The number of ether oxygens (including phenoxy) is 1. The second-order valence-corrected chi connectivity index (χ2v) is 8.36. The number of aromatic nitrogens is 3. The summed E-state index contributed by atoms with van der Waals surface area (Å²) >= 11 is 0. The molecule has 2 N–H and O–H groups in total. The molecule has 3 heterocycles. The smallest absolute Gasteiger partial charge is 0.224 e. The van der Waals surface area contributed by atoms with E-state index in [1.807, 2.05) is 60.3 Å². The summed E-state index contributed by atoms with van der Waals surface area (Å²) in [6.07, 6.45) is 2.55. The highest BCUT2D eigenvalue weighted by molar-refractivity contribution is 5.63. The van der Waals surface area contributed by atoms with Crippen LogP contribution >= 0.6 is 0 Å². The highest BCUT2D eigenvalue weighted by Gasteiger charge is 2.39. The molecule has 1 unspecified atom stereocenters. The Labute approximate surface area is 176 Å². The Kier molecular flexibility index (Phi) is 4.83. The van der Waals surface area contributed by atoms with E-state index in [1.54, 1.807) is 0 Å². The first-order chi connectivity index (χ1) is 14.3. The second-order valence-electron chi connectivity index (χ2n) is 8.36. The fraction of sp³-hybridized carbons (Fsp3) is 0.292. The Morgan fingerprint density at radius 2 is 1.87 bits per heavy atom. The average Bonchev–Trinajstić information content (AvgIpc) is 3.12. The van der Waals surface area contributed by atoms with Gasteiger partial charge in [0.2, 0.25) is 11.8 Å². The van der Waals surface area contributed by atoms with Crippen molar-refractivity contribution in [1.82, 2.24) is 14.8 Å². The Morgan fingerprint density at radius 3 is 2.43 bits per heavy atom. The maximum Gasteiger partial charge on any atom is 0.224 e. The molecule has 0 fully saturated rings. The van der Waals surface area contributed by atoms with Crippen molar-refractivity contribution in [2.24, 2.45) is 5.73 Å². The van der Waals surface area contributed by atoms with E-state index in [2.05, 4.69) is 26.8 Å². The molecule has 0 amide bonds. The third-order valence-corrected chi connectivity index (χ3v) is 5.28. The molecule has 6 nitrogen and oxygen atoms in total. The Bertz CT molecular complexity index is 1150. The number of nitrogens with two attached hydrogens (primary N) is 1. The van der Waals surface area contributed by atoms with E-state index in [4.69, 9.17) is 20.6 Å². The fourth-order valence-corrected chi connectivity index (χ4v) is 3.80. The Hall–Kier alpha value is -3.59. The van der Waals surface area contributed by atoms with Crippen molar-refractivity contribution in [3.05, 3.63) is 77.1 Å². The Morgan fingerprint density at radius 1 is 1.13 bits per heavy atom. The topological polar surface area (TPSA) is 89.8 Å². The van der Waals surface area contributed by atoms with E-state index in [-0.39, 0.29) is 11.4 Å². The summed E-state index contributed by atoms with van der Waals surface area (Å²) in [5, 5.41) is 14.7. The van der Waals surface area contributed by atoms with Gasteiger partial charge in [-0.05, 0) is 38.8 Å². The largest absolute Gasteiger partial charge is 0.422 e. The maximum atomic E-state index is 9.86. The molecule has 152 valence electrons. The fourth-order valence-electron chi connectivity index (χ4n) is 3.80. The quantitative estimate of drug-likeness (QED) is 0.701. The van der Waals surface area contributed by atoms with Crippen LogP contribution < -0.4 is 10.5 Å². The van der Waals surface area contributed by atoms with Gasteiger partial charge >= 0.3 is 0 Å². The van der Waals surface area contributed by atoms with E-state index < -0.39 is 5.92 Å². The summed E-state index contributed by atoms with van der Waals surface area (Å²) in [6.45, 7) is 8.23. The molecule has 0 spiro atoms. The molecule has 0 bridgehead atoms. The molecule has 0 saturated carbocycles. The number of fused-ring (bicyclic) bond motifs is 1. The number of pyridine rings is 1. The minimum absolute atomic E-state index is 0.108. The molecule has 0 saturated heterocycles. The van der Waals surface area contributed by atoms with Gasteiger partial charge in [0.15, 0.2) is 0 Å². The van der Waals surface area contributed by atoms with Crippen LogP contribution in [0.4, 0.5) is 0 Å². The van der Waals surface area contributed by atoms with Crippen molar-refractivity contribution in [2.75, 3.05) is 0 Å². The number of benzene rings is 1. The van der Waals surface area contributed by atoms with Gasteiger partial charge in [0.05, 0.1) is 28.4 Å². The van der Waals surface area contributed by atoms with E-state index >= 15 is 0 Å². The van der Waals surface area contributed by atoms with Crippen LogP contribution in [0.1, 0.15) is 50.6 Å². The van der Waals surface area contributed by atoms with Crippen LogP contribution in [-0.4, -0.2) is 14.8 Å². The predicted octanol–water partition coefficient (Wildman–Crippen LogP) is 4.48. The van der Waals surface area contributed by atoms with Crippen LogP contribution in [0.3, 0.4) is 0 Å². The van der Waals surface area contributed by atoms with Gasteiger partial charge in [-0.15, -0.1) is 0 Å². The van der Waals surface area contributed by atoms with E-state index in [9.17, 15) is 5.26 Å². The van der Waals surface area contributed by atoms with E-state index in [0.717, 1.165) is 28.1 Å². The van der Waals surface area contributed by atoms with Crippen molar-refractivity contribution in [3.63, 3.8) is 0 Å². The van der Waals surface area contributed by atoms with E-state index in [1.165, 1.54) is 0 Å². The number of hydrogen-bond acceptors (Lipinski definition) is 5. The third kappa shape index (κ3) is 3.22. The summed E-state index contributed by atoms with van der Waals surface area (Å²) in [4.78, 5) is 4.72. The summed E-state index contributed by atoms with van der Waals surface area (Å²) in [6, 6.07) is 16.3. The molecule has 1 atom stereocenters.